The molecule has 1 amide bonds. The first-order valence-electron chi connectivity index (χ1n) is 4.46. The zero-order valence-corrected chi connectivity index (χ0v) is 9.08. The Labute approximate surface area is 93.4 Å². The lowest BCUT2D eigenvalue weighted by Crippen LogP contribution is -2.30. The van der Waals surface area contributed by atoms with Gasteiger partial charge in [-0.2, -0.15) is 0 Å². The molecule has 0 fully saturated rings. The van der Waals surface area contributed by atoms with Crippen molar-refractivity contribution < 1.29 is 9.90 Å². The van der Waals surface area contributed by atoms with Crippen LogP contribution in [0.4, 0.5) is 0 Å². The van der Waals surface area contributed by atoms with Gasteiger partial charge in [-0.1, -0.05) is 17.7 Å². The number of benzene rings is 1. The molecular weight excluding hydrogens is 214 g/mol. The summed E-state index contributed by atoms with van der Waals surface area (Å²) in [5, 5.41) is 12.5. The number of amides is 1. The molecule has 0 saturated heterocycles. The summed E-state index contributed by atoms with van der Waals surface area (Å²) in [7, 11) is 0. The van der Waals surface area contributed by atoms with Crippen LogP contribution in [0.1, 0.15) is 17.3 Å². The molecule has 3 nitrogen and oxygen atoms in total. The van der Waals surface area contributed by atoms with Gasteiger partial charge in [-0.25, -0.2) is 0 Å². The van der Waals surface area contributed by atoms with Crippen molar-refractivity contribution >= 4 is 17.5 Å². The minimum Gasteiger partial charge on any atom is -0.507 e. The SMILES string of the molecule is C=CC(C)NC(=O)c1ccc(Cl)cc1O. The summed E-state index contributed by atoms with van der Waals surface area (Å²) in [5.41, 5.74) is 0.202. The van der Waals surface area contributed by atoms with Crippen LogP contribution in [0.15, 0.2) is 30.9 Å². The number of rotatable bonds is 3. The third-order valence-electron chi connectivity index (χ3n) is 1.92. The number of hydrogen-bond donors (Lipinski definition) is 2. The van der Waals surface area contributed by atoms with Gasteiger partial charge in [0, 0.05) is 11.1 Å². The summed E-state index contributed by atoms with van der Waals surface area (Å²) in [4.78, 5) is 11.6. The van der Waals surface area contributed by atoms with Crippen LogP contribution in [0.25, 0.3) is 0 Å². The van der Waals surface area contributed by atoms with Crippen LogP contribution < -0.4 is 5.32 Å². The van der Waals surface area contributed by atoms with Crippen LogP contribution in [0.5, 0.6) is 5.75 Å². The number of hydrogen-bond acceptors (Lipinski definition) is 2. The van der Waals surface area contributed by atoms with Crippen molar-refractivity contribution in [1.29, 1.82) is 0 Å². The Kier molecular flexibility index (Phi) is 3.74. The maximum atomic E-state index is 11.6. The molecular formula is C11H12ClNO2. The predicted octanol–water partition coefficient (Wildman–Crippen LogP) is 2.35. The molecule has 1 rings (SSSR count). The van der Waals surface area contributed by atoms with Gasteiger partial charge in [0.1, 0.15) is 5.75 Å². The third kappa shape index (κ3) is 2.99. The van der Waals surface area contributed by atoms with Gasteiger partial charge in [0.2, 0.25) is 0 Å². The Morgan fingerprint density at radius 1 is 1.67 bits per heavy atom. The van der Waals surface area contributed by atoms with Crippen LogP contribution in [0.3, 0.4) is 0 Å². The fraction of sp³-hybridized carbons (Fsp3) is 0.182. The number of halogens is 1. The van der Waals surface area contributed by atoms with E-state index in [1.54, 1.807) is 19.1 Å². The van der Waals surface area contributed by atoms with Gasteiger partial charge in [0.15, 0.2) is 0 Å². The Hall–Kier alpha value is -1.48. The first-order valence-corrected chi connectivity index (χ1v) is 4.84. The van der Waals surface area contributed by atoms with Gasteiger partial charge in [0.25, 0.3) is 5.91 Å². The number of phenolic OH excluding ortho intramolecular Hbond substituents is 1. The highest BCUT2D eigenvalue weighted by Crippen LogP contribution is 2.21. The second-order valence-corrected chi connectivity index (χ2v) is 3.60. The van der Waals surface area contributed by atoms with Gasteiger partial charge < -0.3 is 10.4 Å². The van der Waals surface area contributed by atoms with Crippen LogP contribution in [-0.4, -0.2) is 17.1 Å². The number of phenols is 1. The zero-order valence-electron chi connectivity index (χ0n) is 8.33. The summed E-state index contributed by atoms with van der Waals surface area (Å²) >= 11 is 5.65. The molecule has 1 unspecified atom stereocenters. The maximum absolute atomic E-state index is 11.6. The van der Waals surface area contributed by atoms with E-state index in [1.165, 1.54) is 12.1 Å². The number of nitrogens with one attached hydrogen (secondary N) is 1. The van der Waals surface area contributed by atoms with Gasteiger partial charge in [-0.3, -0.25) is 4.79 Å². The Morgan fingerprint density at radius 2 is 2.33 bits per heavy atom. The molecule has 80 valence electrons. The van der Waals surface area contributed by atoms with Gasteiger partial charge in [0.05, 0.1) is 5.56 Å². The van der Waals surface area contributed by atoms with Crippen molar-refractivity contribution in [2.45, 2.75) is 13.0 Å². The largest absolute Gasteiger partial charge is 0.507 e. The minimum atomic E-state index is -0.350. The van der Waals surface area contributed by atoms with Crippen molar-refractivity contribution in [3.05, 3.63) is 41.4 Å². The Bertz CT molecular complexity index is 390. The van der Waals surface area contributed by atoms with E-state index in [-0.39, 0.29) is 23.3 Å². The van der Waals surface area contributed by atoms with Crippen molar-refractivity contribution in [3.63, 3.8) is 0 Å². The predicted molar refractivity (Wildman–Crippen MR) is 60.2 cm³/mol. The van der Waals surface area contributed by atoms with Crippen LogP contribution >= 0.6 is 11.6 Å². The second kappa shape index (κ2) is 4.84. The molecule has 2 N–H and O–H groups in total. The molecule has 0 heterocycles. The van der Waals surface area contributed by atoms with Gasteiger partial charge in [-0.05, 0) is 25.1 Å². The summed E-state index contributed by atoms with van der Waals surface area (Å²) in [6, 6.07) is 4.21. The quantitative estimate of drug-likeness (QED) is 0.776. The minimum absolute atomic E-state index is 0.128. The van der Waals surface area contributed by atoms with E-state index in [0.717, 1.165) is 0 Å². The topological polar surface area (TPSA) is 49.3 Å². The highest BCUT2D eigenvalue weighted by molar-refractivity contribution is 6.30. The second-order valence-electron chi connectivity index (χ2n) is 3.16. The monoisotopic (exact) mass is 225 g/mol. The molecule has 15 heavy (non-hydrogen) atoms. The molecule has 4 heteroatoms. The highest BCUT2D eigenvalue weighted by Gasteiger charge is 2.12. The number of aromatic hydroxyl groups is 1. The van der Waals surface area contributed by atoms with E-state index in [9.17, 15) is 9.90 Å². The Balaban J connectivity index is 2.87. The van der Waals surface area contributed by atoms with E-state index in [0.29, 0.717) is 5.02 Å². The van der Waals surface area contributed by atoms with E-state index in [2.05, 4.69) is 11.9 Å². The van der Waals surface area contributed by atoms with Gasteiger partial charge in [-0.15, -0.1) is 6.58 Å². The van der Waals surface area contributed by atoms with Crippen molar-refractivity contribution in [2.24, 2.45) is 0 Å². The van der Waals surface area contributed by atoms with Crippen molar-refractivity contribution in [2.75, 3.05) is 0 Å². The average Bonchev–Trinajstić information content (AvgIpc) is 2.17. The van der Waals surface area contributed by atoms with Crippen molar-refractivity contribution in [3.8, 4) is 5.75 Å². The first-order chi connectivity index (χ1) is 7.04. The lowest BCUT2D eigenvalue weighted by atomic mass is 10.2. The van der Waals surface area contributed by atoms with Crippen LogP contribution in [-0.2, 0) is 0 Å². The zero-order chi connectivity index (χ0) is 11.4. The molecule has 0 radical (unpaired) electrons. The highest BCUT2D eigenvalue weighted by atomic mass is 35.5. The molecule has 0 aromatic heterocycles. The fourth-order valence-electron chi connectivity index (χ4n) is 1.04. The smallest absolute Gasteiger partial charge is 0.255 e. The Morgan fingerprint density at radius 3 is 2.87 bits per heavy atom. The summed E-state index contributed by atoms with van der Waals surface area (Å²) in [5.74, 6) is -0.479. The van der Waals surface area contributed by atoms with Crippen LogP contribution in [0, 0.1) is 0 Å². The van der Waals surface area contributed by atoms with E-state index >= 15 is 0 Å². The van der Waals surface area contributed by atoms with E-state index < -0.39 is 0 Å². The molecule has 1 atom stereocenters. The number of carbonyl (C=O) groups is 1. The lowest BCUT2D eigenvalue weighted by Gasteiger charge is -2.10. The molecule has 1 aromatic carbocycles. The van der Waals surface area contributed by atoms with Crippen molar-refractivity contribution in [1.82, 2.24) is 5.32 Å². The molecule has 1 aromatic rings. The molecule has 0 saturated carbocycles. The lowest BCUT2D eigenvalue weighted by molar-refractivity contribution is 0.0944. The third-order valence-corrected chi connectivity index (χ3v) is 2.15. The number of carbonyl (C=O) groups excluding carboxylic acids is 1. The summed E-state index contributed by atoms with van der Waals surface area (Å²) in [6.45, 7) is 5.34. The molecule has 0 aliphatic carbocycles. The van der Waals surface area contributed by atoms with Gasteiger partial charge >= 0.3 is 0 Å². The molecule has 0 aliphatic rings. The first kappa shape index (κ1) is 11.6. The average molecular weight is 226 g/mol. The molecule has 0 aliphatic heterocycles. The fourth-order valence-corrected chi connectivity index (χ4v) is 1.21. The molecule has 0 spiro atoms. The van der Waals surface area contributed by atoms with Crippen LogP contribution in [0.2, 0.25) is 5.02 Å². The normalized spacial score (nSPS) is 11.9. The standard InChI is InChI=1S/C11H12ClNO2/c1-3-7(2)13-11(15)9-5-4-8(12)6-10(9)14/h3-7,14H,1H2,2H3,(H,13,15). The summed E-state index contributed by atoms with van der Waals surface area (Å²) in [6.07, 6.45) is 1.60. The van der Waals surface area contributed by atoms with E-state index in [4.69, 9.17) is 11.6 Å². The summed E-state index contributed by atoms with van der Waals surface area (Å²) < 4.78 is 0. The maximum Gasteiger partial charge on any atom is 0.255 e. The van der Waals surface area contributed by atoms with E-state index in [1.807, 2.05) is 0 Å². The molecule has 0 bridgehead atoms.